The van der Waals surface area contributed by atoms with Gasteiger partial charge < -0.3 is 15.5 Å². The Morgan fingerprint density at radius 3 is 2.63 bits per heavy atom. The quantitative estimate of drug-likeness (QED) is 0.676. The lowest BCUT2D eigenvalue weighted by molar-refractivity contribution is -0.119. The van der Waals surface area contributed by atoms with E-state index < -0.39 is 11.4 Å². The fraction of sp³-hybridized carbons (Fsp3) is 0.357. The van der Waals surface area contributed by atoms with Crippen molar-refractivity contribution < 1.29 is 19.4 Å². The molecule has 0 aliphatic carbocycles. The Hall–Kier alpha value is -1.72. The lowest BCUT2D eigenvalue weighted by atomic mass is 9.98. The maximum Gasteiger partial charge on any atom is 0.244 e. The van der Waals surface area contributed by atoms with E-state index in [9.17, 15) is 19.4 Å². The van der Waals surface area contributed by atoms with Crippen LogP contribution in [0.2, 0.25) is 0 Å². The first-order valence-corrected chi connectivity index (χ1v) is 6.03. The number of benzene rings is 1. The van der Waals surface area contributed by atoms with Crippen molar-refractivity contribution in [3.05, 3.63) is 41.7 Å². The van der Waals surface area contributed by atoms with Crippen LogP contribution in [0.25, 0.3) is 6.08 Å². The summed E-state index contributed by atoms with van der Waals surface area (Å²) in [7, 11) is 0. The Kier molecular flexibility index (Phi) is 5.66. The number of nitrogens with one attached hydrogen (secondary N) is 1. The first-order valence-electron chi connectivity index (χ1n) is 6.03. The molecule has 0 radical (unpaired) electrons. The van der Waals surface area contributed by atoms with Gasteiger partial charge in [0.25, 0.3) is 0 Å². The minimum absolute atomic E-state index is 0.348. The molecular weight excluding hydrogens is 249 g/mol. The van der Waals surface area contributed by atoms with E-state index in [1.54, 1.807) is 19.1 Å². The number of halogens is 1. The molecule has 0 atom stereocenters. The fourth-order valence-electron chi connectivity index (χ4n) is 1.53. The van der Waals surface area contributed by atoms with Crippen LogP contribution in [0.5, 0.6) is 0 Å². The van der Waals surface area contributed by atoms with Crippen molar-refractivity contribution in [2.45, 2.75) is 18.9 Å². The number of amides is 1. The summed E-state index contributed by atoms with van der Waals surface area (Å²) in [6, 6.07) is 5.83. The van der Waals surface area contributed by atoms with E-state index in [1.165, 1.54) is 24.3 Å². The normalized spacial score (nSPS) is 11.8. The topological polar surface area (TPSA) is 69.6 Å². The third-order valence-electron chi connectivity index (χ3n) is 2.95. The average molecular weight is 267 g/mol. The molecule has 0 bridgehead atoms. The molecule has 0 heterocycles. The second-order valence-corrected chi connectivity index (χ2v) is 4.33. The summed E-state index contributed by atoms with van der Waals surface area (Å²) in [4.78, 5) is 11.7. The van der Waals surface area contributed by atoms with Gasteiger partial charge in [-0.1, -0.05) is 19.1 Å². The summed E-state index contributed by atoms with van der Waals surface area (Å²) < 4.78 is 12.9. The summed E-state index contributed by atoms with van der Waals surface area (Å²) in [6.07, 6.45) is 3.11. The molecule has 1 aromatic carbocycles. The summed E-state index contributed by atoms with van der Waals surface area (Å²) in [5.41, 5.74) is -0.464. The number of carbonyl (C=O) groups is 1. The van der Waals surface area contributed by atoms with Gasteiger partial charge in [-0.05, 0) is 30.2 Å². The van der Waals surface area contributed by atoms with Gasteiger partial charge in [0.05, 0.1) is 18.8 Å². The van der Waals surface area contributed by atoms with Gasteiger partial charge in [-0.3, -0.25) is 4.79 Å². The van der Waals surface area contributed by atoms with Gasteiger partial charge in [0.2, 0.25) is 5.91 Å². The first kappa shape index (κ1) is 15.3. The van der Waals surface area contributed by atoms with Crippen molar-refractivity contribution in [3.8, 4) is 0 Å². The summed E-state index contributed by atoms with van der Waals surface area (Å²) >= 11 is 0. The van der Waals surface area contributed by atoms with E-state index in [0.717, 1.165) is 0 Å². The van der Waals surface area contributed by atoms with Gasteiger partial charge in [-0.25, -0.2) is 4.39 Å². The zero-order valence-electron chi connectivity index (χ0n) is 10.8. The number of hydrogen-bond donors (Lipinski definition) is 3. The van der Waals surface area contributed by atoms with Crippen LogP contribution >= 0.6 is 0 Å². The predicted octanol–water partition coefficient (Wildman–Crippen LogP) is 1.09. The number of aliphatic hydroxyl groups excluding tert-OH is 2. The molecule has 1 rings (SSSR count). The number of aliphatic hydroxyl groups is 2. The molecule has 1 aromatic rings. The summed E-state index contributed by atoms with van der Waals surface area (Å²) in [5.74, 6) is -0.828. The minimum Gasteiger partial charge on any atom is -0.394 e. The molecule has 5 heteroatoms. The largest absolute Gasteiger partial charge is 0.394 e. The van der Waals surface area contributed by atoms with Crippen LogP contribution in [-0.4, -0.2) is 34.9 Å². The lowest BCUT2D eigenvalue weighted by Gasteiger charge is -2.28. The molecule has 3 N–H and O–H groups in total. The van der Waals surface area contributed by atoms with Crippen molar-refractivity contribution in [1.82, 2.24) is 5.32 Å². The Labute approximate surface area is 111 Å². The van der Waals surface area contributed by atoms with Crippen molar-refractivity contribution >= 4 is 12.0 Å². The van der Waals surface area contributed by atoms with Crippen molar-refractivity contribution in [1.29, 1.82) is 0 Å². The minimum atomic E-state index is -1.02. The van der Waals surface area contributed by atoms with E-state index in [4.69, 9.17) is 0 Å². The predicted molar refractivity (Wildman–Crippen MR) is 70.8 cm³/mol. The Morgan fingerprint density at radius 1 is 1.42 bits per heavy atom. The molecule has 19 heavy (non-hydrogen) atoms. The zero-order chi connectivity index (χ0) is 14.3. The van der Waals surface area contributed by atoms with E-state index in [0.29, 0.717) is 12.0 Å². The maximum absolute atomic E-state index is 12.9. The van der Waals surface area contributed by atoms with Gasteiger partial charge in [0.1, 0.15) is 5.82 Å². The SMILES string of the molecule is CCC(CO)(CO)NC(=O)/C=C/c1cccc(F)c1. The van der Waals surface area contributed by atoms with E-state index >= 15 is 0 Å². The van der Waals surface area contributed by atoms with Crippen molar-refractivity contribution in [2.75, 3.05) is 13.2 Å². The van der Waals surface area contributed by atoms with Gasteiger partial charge in [0, 0.05) is 6.08 Å². The van der Waals surface area contributed by atoms with Gasteiger partial charge in [-0.2, -0.15) is 0 Å². The number of hydrogen-bond acceptors (Lipinski definition) is 3. The van der Waals surface area contributed by atoms with Crippen LogP contribution < -0.4 is 5.32 Å². The Bertz CT molecular complexity index is 447. The highest BCUT2D eigenvalue weighted by Crippen LogP contribution is 2.09. The molecule has 0 aliphatic heterocycles. The summed E-state index contributed by atoms with van der Waals surface area (Å²) in [6.45, 7) is 1.06. The van der Waals surface area contributed by atoms with Crippen LogP contribution in [0.1, 0.15) is 18.9 Å². The van der Waals surface area contributed by atoms with E-state index in [1.807, 2.05) is 0 Å². The van der Waals surface area contributed by atoms with Gasteiger partial charge in [0.15, 0.2) is 0 Å². The van der Waals surface area contributed by atoms with Crippen LogP contribution in [0.3, 0.4) is 0 Å². The molecule has 0 aromatic heterocycles. The highest BCUT2D eigenvalue weighted by molar-refractivity contribution is 5.92. The smallest absolute Gasteiger partial charge is 0.244 e. The molecule has 0 aliphatic rings. The number of rotatable bonds is 6. The van der Waals surface area contributed by atoms with E-state index in [-0.39, 0.29) is 19.0 Å². The molecule has 0 saturated heterocycles. The molecule has 4 nitrogen and oxygen atoms in total. The second-order valence-electron chi connectivity index (χ2n) is 4.33. The fourth-order valence-corrected chi connectivity index (χ4v) is 1.53. The first-order chi connectivity index (χ1) is 9.05. The monoisotopic (exact) mass is 267 g/mol. The average Bonchev–Trinajstić information content (AvgIpc) is 2.43. The zero-order valence-corrected chi connectivity index (χ0v) is 10.8. The highest BCUT2D eigenvalue weighted by atomic mass is 19.1. The Balaban J connectivity index is 2.69. The highest BCUT2D eigenvalue weighted by Gasteiger charge is 2.27. The summed E-state index contributed by atoms with van der Waals surface area (Å²) in [5, 5.41) is 20.9. The maximum atomic E-state index is 12.9. The molecule has 104 valence electrons. The van der Waals surface area contributed by atoms with Gasteiger partial charge >= 0.3 is 0 Å². The van der Waals surface area contributed by atoms with Gasteiger partial charge in [-0.15, -0.1) is 0 Å². The molecule has 0 spiro atoms. The Morgan fingerprint density at radius 2 is 2.11 bits per heavy atom. The standard InChI is InChI=1S/C14H18FNO3/c1-2-14(9-17,10-18)16-13(19)7-6-11-4-3-5-12(15)8-11/h3-8,17-18H,2,9-10H2,1H3,(H,16,19)/b7-6+. The molecule has 0 unspecified atom stereocenters. The third-order valence-corrected chi connectivity index (χ3v) is 2.95. The van der Waals surface area contributed by atoms with Crippen LogP contribution in [0, 0.1) is 5.82 Å². The number of carbonyl (C=O) groups excluding carboxylic acids is 1. The molecule has 0 saturated carbocycles. The van der Waals surface area contributed by atoms with Crippen molar-refractivity contribution in [3.63, 3.8) is 0 Å². The van der Waals surface area contributed by atoms with Crippen molar-refractivity contribution in [2.24, 2.45) is 0 Å². The lowest BCUT2D eigenvalue weighted by Crippen LogP contribution is -2.53. The molecule has 0 fully saturated rings. The van der Waals surface area contributed by atoms with Crippen LogP contribution in [0.15, 0.2) is 30.3 Å². The second kappa shape index (κ2) is 7.01. The molecule has 1 amide bonds. The van der Waals surface area contributed by atoms with Crippen LogP contribution in [-0.2, 0) is 4.79 Å². The third kappa shape index (κ3) is 4.46. The van der Waals surface area contributed by atoms with Crippen LogP contribution in [0.4, 0.5) is 4.39 Å². The molecular formula is C14H18FNO3. The van der Waals surface area contributed by atoms with E-state index in [2.05, 4.69) is 5.32 Å².